The van der Waals surface area contributed by atoms with E-state index in [2.05, 4.69) is 10.5 Å². The Hall–Kier alpha value is -1.85. The van der Waals surface area contributed by atoms with Crippen molar-refractivity contribution in [2.45, 2.75) is 13.5 Å². The van der Waals surface area contributed by atoms with Crippen molar-refractivity contribution in [3.05, 3.63) is 46.7 Å². The number of nitrogens with one attached hydrogen (secondary N) is 2. The first-order valence-corrected chi connectivity index (χ1v) is 6.69. The van der Waals surface area contributed by atoms with Crippen LogP contribution in [0.4, 0.5) is 5.82 Å². The summed E-state index contributed by atoms with van der Waals surface area (Å²) in [4.78, 5) is 12.9. The van der Waals surface area contributed by atoms with Crippen LogP contribution in [0.15, 0.2) is 34.9 Å². The van der Waals surface area contributed by atoms with Gasteiger partial charge >= 0.3 is 0 Å². The molecule has 1 amide bonds. The molecule has 2 aromatic rings. The van der Waals surface area contributed by atoms with Crippen molar-refractivity contribution in [3.63, 3.8) is 0 Å². The lowest BCUT2D eigenvalue weighted by atomic mass is 10.2. The van der Waals surface area contributed by atoms with Gasteiger partial charge in [-0.1, -0.05) is 28.9 Å². The molecule has 0 spiro atoms. The van der Waals surface area contributed by atoms with Gasteiger partial charge in [-0.15, -0.1) is 0 Å². The quantitative estimate of drug-likeness (QED) is 0.874. The maximum absolute atomic E-state index is 11.8. The number of amides is 1. The van der Waals surface area contributed by atoms with Crippen LogP contribution in [-0.2, 0) is 11.3 Å². The van der Waals surface area contributed by atoms with E-state index in [0.29, 0.717) is 23.1 Å². The molecule has 0 bridgehead atoms. The number of likely N-dealkylation sites (N-methyl/N-ethyl adjacent to an activating group) is 1. The highest BCUT2D eigenvalue weighted by atomic mass is 35.5. The summed E-state index contributed by atoms with van der Waals surface area (Å²) in [5.74, 6) is 1.01. The maximum atomic E-state index is 11.8. The molecule has 1 atom stereocenters. The van der Waals surface area contributed by atoms with Gasteiger partial charge in [0.1, 0.15) is 12.3 Å². The van der Waals surface area contributed by atoms with E-state index in [-0.39, 0.29) is 5.91 Å². The largest absolute Gasteiger partial charge is 0.360 e. The molecular weight excluding hydrogens is 278 g/mol. The second kappa shape index (κ2) is 6.54. The highest BCUT2D eigenvalue weighted by Crippen LogP contribution is 2.09. The predicted octanol–water partition coefficient (Wildman–Crippen LogP) is 1.29. The third-order valence-corrected chi connectivity index (χ3v) is 2.99. The van der Waals surface area contributed by atoms with Gasteiger partial charge in [0.2, 0.25) is 0 Å². The topological polar surface area (TPSA) is 59.6 Å². The molecule has 6 heteroatoms. The standard InChI is InChI=1S/C14H16ClN3O2/c1-10-6-13(17-20-10)16-14(19)9-18(2)8-11-4-3-5-12(15)7-11/h3-7H,8-9H2,1-2H3,(H,16,17,19)/p+1. The zero-order valence-electron chi connectivity index (χ0n) is 11.4. The summed E-state index contributed by atoms with van der Waals surface area (Å²) < 4.78 is 4.89. The molecule has 2 N–H and O–H groups in total. The number of rotatable bonds is 5. The minimum Gasteiger partial charge on any atom is -0.360 e. The van der Waals surface area contributed by atoms with Gasteiger partial charge in [-0.25, -0.2) is 0 Å². The van der Waals surface area contributed by atoms with Gasteiger partial charge in [0, 0.05) is 16.7 Å². The first-order valence-electron chi connectivity index (χ1n) is 6.32. The fourth-order valence-corrected chi connectivity index (χ4v) is 2.16. The summed E-state index contributed by atoms with van der Waals surface area (Å²) in [6.07, 6.45) is 0. The molecule has 0 saturated carbocycles. The molecule has 1 aromatic heterocycles. The number of anilines is 1. The normalized spacial score (nSPS) is 12.2. The van der Waals surface area contributed by atoms with Crippen molar-refractivity contribution in [2.75, 3.05) is 18.9 Å². The Morgan fingerprint density at radius 2 is 2.25 bits per heavy atom. The van der Waals surface area contributed by atoms with E-state index in [0.717, 1.165) is 17.0 Å². The Morgan fingerprint density at radius 1 is 1.45 bits per heavy atom. The number of halogens is 1. The van der Waals surface area contributed by atoms with E-state index < -0.39 is 0 Å². The molecule has 0 aliphatic rings. The third kappa shape index (κ3) is 4.36. The Balaban J connectivity index is 1.84. The Labute approximate surface area is 122 Å². The fourth-order valence-electron chi connectivity index (χ4n) is 1.94. The highest BCUT2D eigenvalue weighted by Gasteiger charge is 2.12. The Bertz CT molecular complexity index is 598. The number of carbonyl (C=O) groups is 1. The molecule has 1 unspecified atom stereocenters. The first kappa shape index (κ1) is 14.6. The van der Waals surface area contributed by atoms with Crippen LogP contribution in [0.1, 0.15) is 11.3 Å². The second-order valence-electron chi connectivity index (χ2n) is 4.81. The van der Waals surface area contributed by atoms with E-state index in [1.54, 1.807) is 13.0 Å². The van der Waals surface area contributed by atoms with Crippen molar-refractivity contribution in [1.82, 2.24) is 5.16 Å². The number of carbonyl (C=O) groups excluding carboxylic acids is 1. The summed E-state index contributed by atoms with van der Waals surface area (Å²) >= 11 is 5.94. The number of quaternary nitrogens is 1. The zero-order valence-corrected chi connectivity index (χ0v) is 12.2. The van der Waals surface area contributed by atoms with Crippen LogP contribution in [-0.4, -0.2) is 24.7 Å². The van der Waals surface area contributed by atoms with Crippen LogP contribution in [0.25, 0.3) is 0 Å². The minimum absolute atomic E-state index is 0.0992. The summed E-state index contributed by atoms with van der Waals surface area (Å²) in [7, 11) is 1.95. The molecule has 2 rings (SSSR count). The number of hydrogen-bond donors (Lipinski definition) is 2. The van der Waals surface area contributed by atoms with Crippen molar-refractivity contribution >= 4 is 23.3 Å². The second-order valence-corrected chi connectivity index (χ2v) is 5.25. The molecule has 106 valence electrons. The highest BCUT2D eigenvalue weighted by molar-refractivity contribution is 6.30. The first-order chi connectivity index (χ1) is 9.52. The van der Waals surface area contributed by atoms with Crippen molar-refractivity contribution in [1.29, 1.82) is 0 Å². The van der Waals surface area contributed by atoms with Crippen molar-refractivity contribution in [2.24, 2.45) is 0 Å². The van der Waals surface area contributed by atoms with E-state index in [9.17, 15) is 4.79 Å². The molecule has 20 heavy (non-hydrogen) atoms. The number of aromatic nitrogens is 1. The summed E-state index contributed by atoms with van der Waals surface area (Å²) in [6, 6.07) is 9.33. The van der Waals surface area contributed by atoms with Gasteiger partial charge < -0.3 is 14.7 Å². The van der Waals surface area contributed by atoms with Crippen LogP contribution in [0.3, 0.4) is 0 Å². The Morgan fingerprint density at radius 3 is 2.90 bits per heavy atom. The molecule has 0 saturated heterocycles. The molecule has 0 fully saturated rings. The van der Waals surface area contributed by atoms with E-state index in [1.165, 1.54) is 0 Å². The molecule has 0 aliphatic carbocycles. The summed E-state index contributed by atoms with van der Waals surface area (Å²) in [5, 5.41) is 7.13. The third-order valence-electron chi connectivity index (χ3n) is 2.75. The van der Waals surface area contributed by atoms with Crippen molar-refractivity contribution in [3.8, 4) is 0 Å². The van der Waals surface area contributed by atoms with Gasteiger partial charge in [-0.05, 0) is 19.1 Å². The number of benzene rings is 1. The lowest BCUT2D eigenvalue weighted by Crippen LogP contribution is -3.08. The van der Waals surface area contributed by atoms with Crippen LogP contribution < -0.4 is 10.2 Å². The molecule has 1 heterocycles. The SMILES string of the molecule is Cc1cc(NC(=O)C[NH+](C)Cc2cccc(Cl)c2)no1. The van der Waals surface area contributed by atoms with Crippen LogP contribution in [0, 0.1) is 6.92 Å². The van der Waals surface area contributed by atoms with Crippen molar-refractivity contribution < 1.29 is 14.2 Å². The lowest BCUT2D eigenvalue weighted by molar-refractivity contribution is -0.885. The van der Waals surface area contributed by atoms with Gasteiger partial charge in [0.05, 0.1) is 7.05 Å². The van der Waals surface area contributed by atoms with Crippen LogP contribution >= 0.6 is 11.6 Å². The predicted molar refractivity (Wildman–Crippen MR) is 76.8 cm³/mol. The molecule has 0 aliphatic heterocycles. The van der Waals surface area contributed by atoms with Crippen LogP contribution in [0.5, 0.6) is 0 Å². The molecular formula is C14H17ClN3O2+. The van der Waals surface area contributed by atoms with Gasteiger partial charge in [-0.2, -0.15) is 0 Å². The number of hydrogen-bond acceptors (Lipinski definition) is 3. The zero-order chi connectivity index (χ0) is 14.5. The number of aryl methyl sites for hydroxylation is 1. The summed E-state index contributed by atoms with van der Waals surface area (Å²) in [6.45, 7) is 2.85. The van der Waals surface area contributed by atoms with E-state index >= 15 is 0 Å². The van der Waals surface area contributed by atoms with Crippen LogP contribution in [0.2, 0.25) is 5.02 Å². The monoisotopic (exact) mass is 294 g/mol. The lowest BCUT2D eigenvalue weighted by Gasteiger charge is -2.13. The van der Waals surface area contributed by atoms with Gasteiger partial charge in [-0.3, -0.25) is 4.79 Å². The van der Waals surface area contributed by atoms with E-state index in [4.69, 9.17) is 16.1 Å². The average molecular weight is 295 g/mol. The minimum atomic E-state index is -0.0992. The smallest absolute Gasteiger partial charge is 0.280 e. The molecule has 0 radical (unpaired) electrons. The Kier molecular flexibility index (Phi) is 4.76. The fraction of sp³-hybridized carbons (Fsp3) is 0.286. The molecule has 1 aromatic carbocycles. The van der Waals surface area contributed by atoms with Gasteiger partial charge in [0.25, 0.3) is 5.91 Å². The maximum Gasteiger partial charge on any atom is 0.280 e. The van der Waals surface area contributed by atoms with Gasteiger partial charge in [0.15, 0.2) is 12.4 Å². The molecule has 5 nitrogen and oxygen atoms in total. The number of nitrogens with zero attached hydrogens (tertiary/aromatic N) is 1. The summed E-state index contributed by atoms with van der Waals surface area (Å²) in [5.41, 5.74) is 1.10. The average Bonchev–Trinajstić information content (AvgIpc) is 2.74. The van der Waals surface area contributed by atoms with E-state index in [1.807, 2.05) is 31.3 Å².